The molecule has 0 aliphatic carbocycles. The zero-order chi connectivity index (χ0) is 16.6. The second-order valence-corrected chi connectivity index (χ2v) is 6.51. The van der Waals surface area contributed by atoms with Gasteiger partial charge in [0, 0.05) is 25.7 Å². The molecule has 23 heavy (non-hydrogen) atoms. The Bertz CT molecular complexity index is 694. The van der Waals surface area contributed by atoms with Gasteiger partial charge in [0.15, 0.2) is 0 Å². The lowest BCUT2D eigenvalue weighted by molar-refractivity contribution is -0.132. The summed E-state index contributed by atoms with van der Waals surface area (Å²) in [6, 6.07) is 9.23. The van der Waals surface area contributed by atoms with Crippen LogP contribution in [0.3, 0.4) is 0 Å². The van der Waals surface area contributed by atoms with E-state index in [2.05, 4.69) is 16.3 Å². The minimum Gasteiger partial charge on any atom is -0.322 e. The third kappa shape index (κ3) is 2.57. The summed E-state index contributed by atoms with van der Waals surface area (Å²) in [6.07, 6.45) is 0.607. The smallest absolute Gasteiger partial charge is 0.322 e. The van der Waals surface area contributed by atoms with Crippen molar-refractivity contribution in [2.75, 3.05) is 13.1 Å². The summed E-state index contributed by atoms with van der Waals surface area (Å²) in [5.74, 6) is -0.131. The van der Waals surface area contributed by atoms with Crippen molar-refractivity contribution in [2.24, 2.45) is 0 Å². The zero-order valence-electron chi connectivity index (χ0n) is 13.4. The van der Waals surface area contributed by atoms with Crippen LogP contribution in [0, 0.1) is 11.3 Å². The predicted molar refractivity (Wildman–Crippen MR) is 84.3 cm³/mol. The van der Waals surface area contributed by atoms with Gasteiger partial charge in [0.25, 0.3) is 5.91 Å². The van der Waals surface area contributed by atoms with E-state index < -0.39 is 5.54 Å². The second kappa shape index (κ2) is 5.67. The van der Waals surface area contributed by atoms with Gasteiger partial charge in [0.1, 0.15) is 5.54 Å². The monoisotopic (exact) mass is 312 g/mol. The topological polar surface area (TPSA) is 76.4 Å². The molecule has 2 fully saturated rings. The molecule has 0 radical (unpaired) electrons. The van der Waals surface area contributed by atoms with Crippen LogP contribution in [0.5, 0.6) is 0 Å². The van der Waals surface area contributed by atoms with Gasteiger partial charge in [-0.25, -0.2) is 4.79 Å². The quantitative estimate of drug-likeness (QED) is 0.857. The number of imide groups is 1. The van der Waals surface area contributed by atoms with Crippen molar-refractivity contribution in [1.82, 2.24) is 15.1 Å². The lowest BCUT2D eigenvalue weighted by Gasteiger charge is -2.23. The first-order valence-electron chi connectivity index (χ1n) is 7.83. The molecular formula is C17H20N4O2. The number of nitrogens with zero attached hydrogens (tertiary/aromatic N) is 3. The fourth-order valence-corrected chi connectivity index (χ4v) is 3.42. The van der Waals surface area contributed by atoms with Gasteiger partial charge in [-0.3, -0.25) is 14.6 Å². The number of benzene rings is 1. The average molecular weight is 312 g/mol. The highest BCUT2D eigenvalue weighted by Gasteiger charge is 2.55. The SMILES string of the molecule is CC(C)N1C(=O)NC2(CCN(Cc3ccccc3C#N)C2)C1=O. The molecule has 3 amide bonds. The number of carbonyl (C=O) groups is 2. The van der Waals surface area contributed by atoms with E-state index in [-0.39, 0.29) is 18.0 Å². The lowest BCUT2D eigenvalue weighted by atomic mass is 9.98. The fraction of sp³-hybridized carbons (Fsp3) is 0.471. The molecule has 2 aliphatic heterocycles. The highest BCUT2D eigenvalue weighted by Crippen LogP contribution is 2.30. The minimum absolute atomic E-state index is 0.131. The van der Waals surface area contributed by atoms with Crippen LogP contribution in [-0.4, -0.2) is 46.4 Å². The Labute approximate surface area is 135 Å². The first-order chi connectivity index (χ1) is 11.0. The third-order valence-electron chi connectivity index (χ3n) is 4.59. The van der Waals surface area contributed by atoms with Gasteiger partial charge in [0.2, 0.25) is 0 Å². The molecule has 1 aromatic rings. The molecule has 1 unspecified atom stereocenters. The first-order valence-corrected chi connectivity index (χ1v) is 7.83. The highest BCUT2D eigenvalue weighted by atomic mass is 16.2. The maximum Gasteiger partial charge on any atom is 0.325 e. The van der Waals surface area contributed by atoms with E-state index in [9.17, 15) is 14.9 Å². The Morgan fingerprint density at radius 3 is 2.74 bits per heavy atom. The maximum atomic E-state index is 12.7. The fourth-order valence-electron chi connectivity index (χ4n) is 3.42. The summed E-state index contributed by atoms with van der Waals surface area (Å²) < 4.78 is 0. The molecule has 1 atom stereocenters. The average Bonchev–Trinajstić information content (AvgIpc) is 3.01. The molecule has 3 rings (SSSR count). The van der Waals surface area contributed by atoms with Gasteiger partial charge in [-0.15, -0.1) is 0 Å². The van der Waals surface area contributed by atoms with Crippen LogP contribution < -0.4 is 5.32 Å². The summed E-state index contributed by atoms with van der Waals surface area (Å²) >= 11 is 0. The van der Waals surface area contributed by atoms with Gasteiger partial charge < -0.3 is 5.32 Å². The standard InChI is InChI=1S/C17H20N4O2/c1-12(2)21-15(22)17(19-16(21)23)7-8-20(11-17)10-14-6-4-3-5-13(14)9-18/h3-6,12H,7-8,10-11H2,1-2H3,(H,19,23). The minimum atomic E-state index is -0.803. The van der Waals surface area contributed by atoms with Crippen LogP contribution in [0.2, 0.25) is 0 Å². The number of urea groups is 1. The number of nitriles is 1. The van der Waals surface area contributed by atoms with Crippen LogP contribution >= 0.6 is 0 Å². The van der Waals surface area contributed by atoms with Crippen molar-refractivity contribution in [3.8, 4) is 6.07 Å². The Balaban J connectivity index is 1.75. The molecule has 0 aromatic heterocycles. The van der Waals surface area contributed by atoms with E-state index >= 15 is 0 Å². The normalized spacial score (nSPS) is 24.5. The molecule has 1 spiro atoms. The van der Waals surface area contributed by atoms with Crippen molar-refractivity contribution in [3.05, 3.63) is 35.4 Å². The molecule has 0 saturated carbocycles. The maximum absolute atomic E-state index is 12.7. The molecule has 1 N–H and O–H groups in total. The van der Waals surface area contributed by atoms with Crippen molar-refractivity contribution in [1.29, 1.82) is 5.26 Å². The molecule has 6 nitrogen and oxygen atoms in total. The van der Waals surface area contributed by atoms with Gasteiger partial charge >= 0.3 is 6.03 Å². The van der Waals surface area contributed by atoms with Gasteiger partial charge in [-0.05, 0) is 31.9 Å². The number of hydrogen-bond donors (Lipinski definition) is 1. The lowest BCUT2D eigenvalue weighted by Crippen LogP contribution is -2.49. The van der Waals surface area contributed by atoms with Crippen LogP contribution in [0.25, 0.3) is 0 Å². The van der Waals surface area contributed by atoms with E-state index in [4.69, 9.17) is 0 Å². The van der Waals surface area contributed by atoms with Gasteiger partial charge in [-0.2, -0.15) is 5.26 Å². The highest BCUT2D eigenvalue weighted by molar-refractivity contribution is 6.07. The summed E-state index contributed by atoms with van der Waals surface area (Å²) in [5, 5.41) is 12.1. The van der Waals surface area contributed by atoms with Gasteiger partial charge in [0.05, 0.1) is 11.6 Å². The van der Waals surface area contributed by atoms with Crippen molar-refractivity contribution in [3.63, 3.8) is 0 Å². The largest absolute Gasteiger partial charge is 0.325 e. The third-order valence-corrected chi connectivity index (χ3v) is 4.59. The van der Waals surface area contributed by atoms with Crippen molar-refractivity contribution < 1.29 is 9.59 Å². The number of carbonyl (C=O) groups excluding carboxylic acids is 2. The van der Waals surface area contributed by atoms with Crippen LogP contribution in [0.4, 0.5) is 4.79 Å². The van der Waals surface area contributed by atoms with Crippen molar-refractivity contribution in [2.45, 2.75) is 38.4 Å². The second-order valence-electron chi connectivity index (χ2n) is 6.51. The van der Waals surface area contributed by atoms with E-state index in [0.717, 1.165) is 12.1 Å². The first kappa shape index (κ1) is 15.5. The number of likely N-dealkylation sites (tertiary alicyclic amines) is 1. The molecule has 2 saturated heterocycles. The summed E-state index contributed by atoms with van der Waals surface area (Å²) in [5.41, 5.74) is 0.798. The summed E-state index contributed by atoms with van der Waals surface area (Å²) in [6.45, 7) is 5.49. The number of nitrogens with one attached hydrogen (secondary N) is 1. The van der Waals surface area contributed by atoms with E-state index in [1.54, 1.807) is 6.07 Å². The number of amides is 3. The summed E-state index contributed by atoms with van der Waals surface area (Å²) in [4.78, 5) is 28.2. The molecular weight excluding hydrogens is 292 g/mol. The molecule has 0 bridgehead atoms. The molecule has 1 aromatic carbocycles. The van der Waals surface area contributed by atoms with Crippen LogP contribution in [0.15, 0.2) is 24.3 Å². The van der Waals surface area contributed by atoms with E-state index in [1.807, 2.05) is 32.0 Å². The molecule has 2 heterocycles. The zero-order valence-corrected chi connectivity index (χ0v) is 13.4. The van der Waals surface area contributed by atoms with Gasteiger partial charge in [-0.1, -0.05) is 18.2 Å². The molecule has 2 aliphatic rings. The van der Waals surface area contributed by atoms with Crippen molar-refractivity contribution >= 4 is 11.9 Å². The Morgan fingerprint density at radius 2 is 2.09 bits per heavy atom. The van der Waals surface area contributed by atoms with E-state index in [0.29, 0.717) is 25.1 Å². The summed E-state index contributed by atoms with van der Waals surface area (Å²) in [7, 11) is 0. The Hall–Kier alpha value is -2.39. The van der Waals surface area contributed by atoms with E-state index in [1.165, 1.54) is 4.90 Å². The Kier molecular flexibility index (Phi) is 3.82. The molecule has 6 heteroatoms. The molecule has 120 valence electrons. The number of hydrogen-bond acceptors (Lipinski definition) is 4. The van der Waals surface area contributed by atoms with Crippen LogP contribution in [-0.2, 0) is 11.3 Å². The Morgan fingerprint density at radius 1 is 1.35 bits per heavy atom. The number of rotatable bonds is 3. The van der Waals surface area contributed by atoms with Crippen LogP contribution in [0.1, 0.15) is 31.4 Å². The predicted octanol–water partition coefficient (Wildman–Crippen LogP) is 1.46.